The van der Waals surface area contributed by atoms with Gasteiger partial charge in [0.2, 0.25) is 5.13 Å². The lowest BCUT2D eigenvalue weighted by Crippen LogP contribution is -2.50. The van der Waals surface area contributed by atoms with Crippen molar-refractivity contribution >= 4 is 22.5 Å². The summed E-state index contributed by atoms with van der Waals surface area (Å²) in [4.78, 5) is 12.1. The predicted octanol–water partition coefficient (Wildman–Crippen LogP) is 3.15. The van der Waals surface area contributed by atoms with Crippen LogP contribution < -0.4 is 10.6 Å². The van der Waals surface area contributed by atoms with Gasteiger partial charge in [0.1, 0.15) is 5.01 Å². The molecule has 0 saturated carbocycles. The quantitative estimate of drug-likeness (QED) is 0.748. The fraction of sp³-hybridized carbons (Fsp3) is 0.471. The number of amides is 2. The van der Waals surface area contributed by atoms with Gasteiger partial charge in [-0.15, -0.1) is 10.2 Å². The van der Waals surface area contributed by atoms with Crippen molar-refractivity contribution in [3.05, 3.63) is 40.9 Å². The molecule has 0 aliphatic heterocycles. The SMILES string of the molecule is CCC(C)(CO)NC(=O)Nc1nnc(C(C)(C)c2ccccc2)s1. The molecule has 1 aromatic carbocycles. The second-order valence-electron chi connectivity index (χ2n) is 6.55. The van der Waals surface area contributed by atoms with Crippen molar-refractivity contribution in [2.24, 2.45) is 0 Å². The van der Waals surface area contributed by atoms with E-state index in [1.165, 1.54) is 11.3 Å². The van der Waals surface area contributed by atoms with Crippen LogP contribution in [0.3, 0.4) is 0 Å². The van der Waals surface area contributed by atoms with Gasteiger partial charge >= 0.3 is 6.03 Å². The number of benzene rings is 1. The van der Waals surface area contributed by atoms with Crippen molar-refractivity contribution in [1.29, 1.82) is 0 Å². The minimum Gasteiger partial charge on any atom is -0.394 e. The van der Waals surface area contributed by atoms with Gasteiger partial charge < -0.3 is 10.4 Å². The molecule has 1 aromatic heterocycles. The molecule has 0 radical (unpaired) electrons. The lowest BCUT2D eigenvalue weighted by molar-refractivity contribution is 0.172. The van der Waals surface area contributed by atoms with Crippen LogP contribution in [0.25, 0.3) is 0 Å². The molecular formula is C17H24N4O2S. The molecule has 1 heterocycles. The van der Waals surface area contributed by atoms with E-state index in [0.717, 1.165) is 10.6 Å². The number of anilines is 1. The molecule has 0 aliphatic carbocycles. The standard InChI is InChI=1S/C17H24N4O2S/c1-5-17(4,11-22)19-14(23)18-15-21-20-13(24-15)16(2,3)12-9-7-6-8-10-12/h6-10,22H,5,11H2,1-4H3,(H2,18,19,21,23). The van der Waals surface area contributed by atoms with E-state index in [1.54, 1.807) is 6.92 Å². The van der Waals surface area contributed by atoms with Crippen molar-refractivity contribution in [2.45, 2.75) is 45.1 Å². The van der Waals surface area contributed by atoms with Gasteiger partial charge in [0.25, 0.3) is 0 Å². The smallest absolute Gasteiger partial charge is 0.321 e. The van der Waals surface area contributed by atoms with E-state index >= 15 is 0 Å². The molecule has 0 spiro atoms. The number of hydrogen-bond acceptors (Lipinski definition) is 5. The van der Waals surface area contributed by atoms with E-state index in [-0.39, 0.29) is 12.0 Å². The fourth-order valence-corrected chi connectivity index (χ4v) is 3.01. The molecule has 24 heavy (non-hydrogen) atoms. The summed E-state index contributed by atoms with van der Waals surface area (Å²) in [6.07, 6.45) is 0.624. The zero-order valence-electron chi connectivity index (χ0n) is 14.5. The Morgan fingerprint density at radius 2 is 1.88 bits per heavy atom. The molecule has 130 valence electrons. The maximum absolute atomic E-state index is 12.1. The van der Waals surface area contributed by atoms with E-state index in [1.807, 2.05) is 25.1 Å². The van der Waals surface area contributed by atoms with Crippen LogP contribution in [0.2, 0.25) is 0 Å². The van der Waals surface area contributed by atoms with Crippen molar-refractivity contribution in [1.82, 2.24) is 15.5 Å². The maximum atomic E-state index is 12.1. The van der Waals surface area contributed by atoms with E-state index in [9.17, 15) is 9.90 Å². The van der Waals surface area contributed by atoms with Gasteiger partial charge in [0, 0.05) is 5.41 Å². The third-order valence-corrected chi connectivity index (χ3v) is 5.38. The number of rotatable bonds is 6. The first-order chi connectivity index (χ1) is 11.3. The number of urea groups is 1. The van der Waals surface area contributed by atoms with Gasteiger partial charge in [0.15, 0.2) is 0 Å². The second kappa shape index (κ2) is 7.27. The highest BCUT2D eigenvalue weighted by atomic mass is 32.1. The van der Waals surface area contributed by atoms with Gasteiger partial charge in [-0.05, 0) is 32.8 Å². The van der Waals surface area contributed by atoms with Crippen molar-refractivity contribution in [3.63, 3.8) is 0 Å². The molecule has 7 heteroatoms. The molecule has 2 rings (SSSR count). The first-order valence-electron chi connectivity index (χ1n) is 7.90. The van der Waals surface area contributed by atoms with Crippen LogP contribution >= 0.6 is 11.3 Å². The van der Waals surface area contributed by atoms with E-state index in [0.29, 0.717) is 11.6 Å². The Kier molecular flexibility index (Phi) is 5.56. The molecule has 0 aliphatic rings. The van der Waals surface area contributed by atoms with Gasteiger partial charge in [-0.1, -0.05) is 48.6 Å². The van der Waals surface area contributed by atoms with Crippen LogP contribution in [0.15, 0.2) is 30.3 Å². The topological polar surface area (TPSA) is 87.1 Å². The Balaban J connectivity index is 2.10. The van der Waals surface area contributed by atoms with E-state index < -0.39 is 11.6 Å². The number of aromatic nitrogens is 2. The summed E-state index contributed by atoms with van der Waals surface area (Å²) in [6.45, 7) is 7.72. The van der Waals surface area contributed by atoms with Gasteiger partial charge in [-0.3, -0.25) is 5.32 Å². The number of nitrogens with one attached hydrogen (secondary N) is 2. The first-order valence-corrected chi connectivity index (χ1v) is 8.72. The van der Waals surface area contributed by atoms with Crippen molar-refractivity contribution in [2.75, 3.05) is 11.9 Å². The summed E-state index contributed by atoms with van der Waals surface area (Å²) in [5, 5.41) is 24.4. The highest BCUT2D eigenvalue weighted by Crippen LogP contribution is 2.34. The summed E-state index contributed by atoms with van der Waals surface area (Å²) >= 11 is 1.35. The number of nitrogens with zero attached hydrogens (tertiary/aromatic N) is 2. The van der Waals surface area contributed by atoms with E-state index in [4.69, 9.17) is 0 Å². The third-order valence-electron chi connectivity index (χ3n) is 4.22. The second-order valence-corrected chi connectivity index (χ2v) is 7.53. The monoisotopic (exact) mass is 348 g/mol. The summed E-state index contributed by atoms with van der Waals surface area (Å²) in [7, 11) is 0. The van der Waals surface area contributed by atoms with Crippen LogP contribution in [0.5, 0.6) is 0 Å². The molecule has 6 nitrogen and oxygen atoms in total. The number of carbonyl (C=O) groups excluding carboxylic acids is 1. The largest absolute Gasteiger partial charge is 0.394 e. The molecule has 0 saturated heterocycles. The molecule has 2 amide bonds. The summed E-state index contributed by atoms with van der Waals surface area (Å²) in [6, 6.07) is 9.66. The average molecular weight is 348 g/mol. The lowest BCUT2D eigenvalue weighted by atomic mass is 9.85. The highest BCUT2D eigenvalue weighted by Gasteiger charge is 2.28. The van der Waals surface area contributed by atoms with Crippen LogP contribution in [0, 0.1) is 0 Å². The summed E-state index contributed by atoms with van der Waals surface area (Å²) < 4.78 is 0. The maximum Gasteiger partial charge on any atom is 0.321 e. The molecule has 1 atom stereocenters. The number of aliphatic hydroxyl groups is 1. The van der Waals surface area contributed by atoms with Crippen LogP contribution in [-0.4, -0.2) is 33.5 Å². The Morgan fingerprint density at radius 1 is 1.21 bits per heavy atom. The zero-order chi connectivity index (χ0) is 17.8. The third kappa shape index (κ3) is 4.10. The van der Waals surface area contributed by atoms with Crippen LogP contribution in [-0.2, 0) is 5.41 Å². The molecule has 2 aromatic rings. The number of hydrogen-bond donors (Lipinski definition) is 3. The lowest BCUT2D eigenvalue weighted by Gasteiger charge is -2.26. The minimum absolute atomic E-state index is 0.126. The normalized spacial score (nSPS) is 14.0. The predicted molar refractivity (Wildman–Crippen MR) is 96.4 cm³/mol. The van der Waals surface area contributed by atoms with Crippen molar-refractivity contribution < 1.29 is 9.90 Å². The molecule has 1 unspecified atom stereocenters. The summed E-state index contributed by atoms with van der Waals surface area (Å²) in [5.74, 6) is 0. The highest BCUT2D eigenvalue weighted by molar-refractivity contribution is 7.15. The fourth-order valence-electron chi connectivity index (χ4n) is 2.15. The Hall–Kier alpha value is -1.99. The van der Waals surface area contributed by atoms with Crippen LogP contribution in [0.1, 0.15) is 44.7 Å². The zero-order valence-corrected chi connectivity index (χ0v) is 15.3. The van der Waals surface area contributed by atoms with E-state index in [2.05, 4.69) is 46.8 Å². The Labute approximate surface area is 146 Å². The number of carbonyl (C=O) groups is 1. The van der Waals surface area contributed by atoms with Crippen LogP contribution in [0.4, 0.5) is 9.93 Å². The molecule has 0 fully saturated rings. The first kappa shape index (κ1) is 18.4. The molecule has 3 N–H and O–H groups in total. The minimum atomic E-state index is -0.652. The summed E-state index contributed by atoms with van der Waals surface area (Å²) in [5.41, 5.74) is 0.190. The van der Waals surface area contributed by atoms with Gasteiger partial charge in [-0.25, -0.2) is 4.79 Å². The molecule has 0 bridgehead atoms. The molecular weight excluding hydrogens is 324 g/mol. The van der Waals surface area contributed by atoms with Gasteiger partial charge in [-0.2, -0.15) is 0 Å². The Morgan fingerprint density at radius 3 is 2.46 bits per heavy atom. The average Bonchev–Trinajstić information content (AvgIpc) is 3.04. The van der Waals surface area contributed by atoms with Gasteiger partial charge in [0.05, 0.1) is 12.1 Å². The Bertz CT molecular complexity index is 681. The van der Waals surface area contributed by atoms with Crippen molar-refractivity contribution in [3.8, 4) is 0 Å². The number of aliphatic hydroxyl groups excluding tert-OH is 1.